The van der Waals surface area contributed by atoms with E-state index in [1.807, 2.05) is 47.4 Å². The van der Waals surface area contributed by atoms with Crippen LogP contribution in [0.5, 0.6) is 0 Å². The lowest BCUT2D eigenvalue weighted by Gasteiger charge is -2.34. The molecular formula is C22H25NO4. The Bertz CT molecular complexity index is 782. The second-order valence-corrected chi connectivity index (χ2v) is 6.96. The molecule has 0 spiro atoms. The summed E-state index contributed by atoms with van der Waals surface area (Å²) in [5.74, 6) is -0.510. The lowest BCUT2D eigenvalue weighted by atomic mass is 9.88. The van der Waals surface area contributed by atoms with Gasteiger partial charge in [-0.05, 0) is 42.4 Å². The Balaban J connectivity index is 1.60. The Labute approximate surface area is 159 Å². The highest BCUT2D eigenvalue weighted by atomic mass is 16.5. The van der Waals surface area contributed by atoms with Gasteiger partial charge in [-0.1, -0.05) is 48.5 Å². The van der Waals surface area contributed by atoms with E-state index in [0.29, 0.717) is 24.6 Å². The molecule has 2 aromatic carbocycles. The molecule has 0 unspecified atom stereocenters. The number of hydrogen-bond acceptors (Lipinski definition) is 3. The lowest BCUT2D eigenvalue weighted by Crippen LogP contribution is -2.42. The van der Waals surface area contributed by atoms with Gasteiger partial charge in [-0.15, -0.1) is 0 Å². The van der Waals surface area contributed by atoms with Crippen LogP contribution < -0.4 is 0 Å². The molecule has 2 aromatic rings. The van der Waals surface area contributed by atoms with Gasteiger partial charge in [0.25, 0.3) is 5.91 Å². The van der Waals surface area contributed by atoms with Crippen LogP contribution in [0.15, 0.2) is 54.6 Å². The summed E-state index contributed by atoms with van der Waals surface area (Å²) in [4.78, 5) is 26.1. The predicted molar refractivity (Wildman–Crippen MR) is 103 cm³/mol. The van der Waals surface area contributed by atoms with Crippen LogP contribution in [0.2, 0.25) is 0 Å². The average Bonchev–Trinajstić information content (AvgIpc) is 2.70. The second-order valence-electron chi connectivity index (χ2n) is 6.96. The molecule has 27 heavy (non-hydrogen) atoms. The monoisotopic (exact) mass is 367 g/mol. The Morgan fingerprint density at radius 1 is 1.07 bits per heavy atom. The molecule has 1 aliphatic rings. The topological polar surface area (TPSA) is 66.8 Å². The summed E-state index contributed by atoms with van der Waals surface area (Å²) in [6.07, 6.45) is 1.89. The number of carbonyl (C=O) groups excluding carboxylic acids is 1. The SMILES string of the molecule is CO[C@@H](C(=O)N1CCC(Cc2ccccc2C(=O)O)CC1)c1ccccc1. The first-order chi connectivity index (χ1) is 13.1. The zero-order valence-electron chi connectivity index (χ0n) is 15.5. The summed E-state index contributed by atoms with van der Waals surface area (Å²) < 4.78 is 5.46. The molecule has 0 radical (unpaired) electrons. The standard InChI is InChI=1S/C22H25NO4/c1-27-20(17-7-3-2-4-8-17)21(24)23-13-11-16(12-14-23)15-18-9-5-6-10-19(18)22(25)26/h2-10,16,20H,11-15H2,1H3,(H,25,26)/t20-/m1/s1. The van der Waals surface area contributed by atoms with Crippen molar-refractivity contribution in [1.82, 2.24) is 4.90 Å². The first-order valence-electron chi connectivity index (χ1n) is 9.28. The number of ether oxygens (including phenoxy) is 1. The normalized spacial score (nSPS) is 16.1. The van der Waals surface area contributed by atoms with Crippen LogP contribution >= 0.6 is 0 Å². The van der Waals surface area contributed by atoms with Gasteiger partial charge in [-0.2, -0.15) is 0 Å². The molecule has 0 bridgehead atoms. The summed E-state index contributed by atoms with van der Waals surface area (Å²) in [6.45, 7) is 1.34. The number of hydrogen-bond donors (Lipinski definition) is 1. The predicted octanol–water partition coefficient (Wildman–Crippen LogP) is 3.55. The van der Waals surface area contributed by atoms with Crippen molar-refractivity contribution >= 4 is 11.9 Å². The average molecular weight is 367 g/mol. The molecule has 1 saturated heterocycles. The smallest absolute Gasteiger partial charge is 0.335 e. The molecular weight excluding hydrogens is 342 g/mol. The summed E-state index contributed by atoms with van der Waals surface area (Å²) in [5, 5.41) is 9.34. The highest BCUT2D eigenvalue weighted by molar-refractivity contribution is 5.89. The fourth-order valence-corrected chi connectivity index (χ4v) is 3.75. The van der Waals surface area contributed by atoms with Crippen molar-refractivity contribution in [1.29, 1.82) is 0 Å². The van der Waals surface area contributed by atoms with Crippen LogP contribution in [0.25, 0.3) is 0 Å². The van der Waals surface area contributed by atoms with Crippen molar-refractivity contribution < 1.29 is 19.4 Å². The van der Waals surface area contributed by atoms with Crippen LogP contribution in [0.1, 0.15) is 40.4 Å². The van der Waals surface area contributed by atoms with E-state index in [2.05, 4.69) is 0 Å². The summed E-state index contributed by atoms with van der Waals surface area (Å²) in [7, 11) is 1.56. The summed E-state index contributed by atoms with van der Waals surface area (Å²) in [6, 6.07) is 16.7. The minimum absolute atomic E-state index is 0.00640. The van der Waals surface area contributed by atoms with Gasteiger partial charge in [0.05, 0.1) is 5.56 Å². The molecule has 1 aliphatic heterocycles. The number of carboxylic acids is 1. The number of rotatable bonds is 6. The highest BCUT2D eigenvalue weighted by Crippen LogP contribution is 2.26. The van der Waals surface area contributed by atoms with Crippen molar-refractivity contribution in [2.24, 2.45) is 5.92 Å². The van der Waals surface area contributed by atoms with Crippen LogP contribution in [0, 0.1) is 5.92 Å². The number of nitrogens with zero attached hydrogens (tertiary/aromatic N) is 1. The molecule has 1 heterocycles. The lowest BCUT2D eigenvalue weighted by molar-refractivity contribution is -0.143. The molecule has 0 saturated carbocycles. The van der Waals surface area contributed by atoms with E-state index in [9.17, 15) is 14.7 Å². The largest absolute Gasteiger partial charge is 0.478 e. The number of piperidine rings is 1. The van der Waals surface area contributed by atoms with E-state index in [-0.39, 0.29) is 5.91 Å². The Morgan fingerprint density at radius 3 is 2.33 bits per heavy atom. The quantitative estimate of drug-likeness (QED) is 0.848. The Morgan fingerprint density at radius 2 is 1.70 bits per heavy atom. The number of benzene rings is 2. The van der Waals surface area contributed by atoms with Crippen molar-refractivity contribution in [2.45, 2.75) is 25.4 Å². The highest BCUT2D eigenvalue weighted by Gasteiger charge is 2.29. The minimum atomic E-state index is -0.885. The van der Waals surface area contributed by atoms with E-state index in [1.165, 1.54) is 0 Å². The summed E-state index contributed by atoms with van der Waals surface area (Å²) >= 11 is 0. The molecule has 5 heteroatoms. The number of likely N-dealkylation sites (tertiary alicyclic amines) is 1. The van der Waals surface area contributed by atoms with E-state index in [4.69, 9.17) is 4.74 Å². The van der Waals surface area contributed by atoms with Crippen molar-refractivity contribution in [2.75, 3.05) is 20.2 Å². The number of amides is 1. The van der Waals surface area contributed by atoms with Gasteiger partial charge in [0.2, 0.25) is 0 Å². The Kier molecular flexibility index (Phi) is 6.24. The van der Waals surface area contributed by atoms with Crippen LogP contribution in [0.3, 0.4) is 0 Å². The van der Waals surface area contributed by atoms with Crippen molar-refractivity contribution in [3.63, 3.8) is 0 Å². The second kappa shape index (κ2) is 8.82. The molecule has 0 aromatic heterocycles. The molecule has 1 N–H and O–H groups in total. The molecule has 1 atom stereocenters. The van der Waals surface area contributed by atoms with Gasteiger partial charge in [0, 0.05) is 20.2 Å². The van der Waals surface area contributed by atoms with Gasteiger partial charge in [-0.25, -0.2) is 4.79 Å². The maximum Gasteiger partial charge on any atom is 0.335 e. The number of methoxy groups -OCH3 is 1. The molecule has 0 aliphatic carbocycles. The number of carboxylic acid groups (broad SMARTS) is 1. The van der Waals surface area contributed by atoms with Gasteiger partial charge in [0.1, 0.15) is 0 Å². The van der Waals surface area contributed by atoms with E-state index < -0.39 is 12.1 Å². The van der Waals surface area contributed by atoms with Gasteiger partial charge < -0.3 is 14.7 Å². The fourth-order valence-electron chi connectivity index (χ4n) is 3.75. The third kappa shape index (κ3) is 4.55. The maximum atomic E-state index is 12.9. The van der Waals surface area contributed by atoms with Gasteiger partial charge >= 0.3 is 5.97 Å². The van der Waals surface area contributed by atoms with Crippen LogP contribution in [-0.4, -0.2) is 42.1 Å². The number of carbonyl (C=O) groups is 2. The molecule has 3 rings (SSSR count). The molecule has 1 fully saturated rings. The van der Waals surface area contributed by atoms with Crippen LogP contribution in [-0.2, 0) is 16.0 Å². The minimum Gasteiger partial charge on any atom is -0.478 e. The van der Waals surface area contributed by atoms with E-state index in [1.54, 1.807) is 19.2 Å². The zero-order valence-corrected chi connectivity index (χ0v) is 15.5. The van der Waals surface area contributed by atoms with E-state index in [0.717, 1.165) is 30.4 Å². The number of aromatic carboxylic acids is 1. The first-order valence-corrected chi connectivity index (χ1v) is 9.28. The third-order valence-corrected chi connectivity index (χ3v) is 5.24. The van der Waals surface area contributed by atoms with Gasteiger partial charge in [0.15, 0.2) is 6.10 Å². The molecule has 5 nitrogen and oxygen atoms in total. The Hall–Kier alpha value is -2.66. The van der Waals surface area contributed by atoms with Crippen molar-refractivity contribution in [3.8, 4) is 0 Å². The first kappa shape index (κ1) is 19.1. The molecule has 142 valence electrons. The third-order valence-electron chi connectivity index (χ3n) is 5.24. The molecule has 1 amide bonds. The van der Waals surface area contributed by atoms with Crippen LogP contribution in [0.4, 0.5) is 0 Å². The fraction of sp³-hybridized carbons (Fsp3) is 0.364. The van der Waals surface area contributed by atoms with E-state index >= 15 is 0 Å². The van der Waals surface area contributed by atoms with Gasteiger partial charge in [-0.3, -0.25) is 4.79 Å². The summed E-state index contributed by atoms with van der Waals surface area (Å²) in [5.41, 5.74) is 2.11. The van der Waals surface area contributed by atoms with Crippen molar-refractivity contribution in [3.05, 3.63) is 71.3 Å². The zero-order chi connectivity index (χ0) is 19.2. The maximum absolute atomic E-state index is 12.9.